The standard InChI is InChI=1S/C30H37N5/c1-8-22-23(9-2)29(32-27(22)16-21-14-12-13-15-31-21)18-30-25(11-4)24(10-3)28(33-30)17-26-19(5)20(6)35(7)34-26/h12-18H,8-11H2,1-7H3,(H,31,32,33,34)/p+1. The molecule has 0 saturated heterocycles. The van der Waals surface area contributed by atoms with Crippen molar-refractivity contribution in [1.29, 1.82) is 0 Å². The second-order valence-corrected chi connectivity index (χ2v) is 9.14. The minimum absolute atomic E-state index is 0.970. The normalized spacial score (nSPS) is 16.2. The Morgan fingerprint density at radius 1 is 0.771 bits per heavy atom. The molecule has 0 spiro atoms. The summed E-state index contributed by atoms with van der Waals surface area (Å²) < 4.78 is 1.96. The van der Waals surface area contributed by atoms with E-state index in [1.807, 2.05) is 36.1 Å². The lowest BCUT2D eigenvalue weighted by Crippen LogP contribution is -2.13. The Morgan fingerprint density at radius 3 is 1.89 bits per heavy atom. The van der Waals surface area contributed by atoms with Crippen LogP contribution in [0, 0.1) is 0 Å². The highest BCUT2D eigenvalue weighted by Gasteiger charge is 2.23. The van der Waals surface area contributed by atoms with Crippen LogP contribution in [0.5, 0.6) is 0 Å². The molecule has 4 rings (SSSR count). The highest BCUT2D eigenvalue weighted by molar-refractivity contribution is 5.65. The van der Waals surface area contributed by atoms with Crippen LogP contribution in [0.4, 0.5) is 0 Å². The zero-order valence-corrected chi connectivity index (χ0v) is 22.2. The molecule has 0 saturated carbocycles. The number of H-pyrrole nitrogens is 2. The van der Waals surface area contributed by atoms with Gasteiger partial charge in [0.2, 0.25) is 5.70 Å². The van der Waals surface area contributed by atoms with E-state index >= 15 is 0 Å². The largest absolute Gasteiger partial charge is 0.355 e. The van der Waals surface area contributed by atoms with Gasteiger partial charge in [-0.15, -0.1) is 0 Å². The molecule has 182 valence electrons. The van der Waals surface area contributed by atoms with Gasteiger partial charge in [0, 0.05) is 40.8 Å². The smallest absolute Gasteiger partial charge is 0.210 e. The minimum Gasteiger partial charge on any atom is -0.355 e. The first-order valence-corrected chi connectivity index (χ1v) is 12.8. The average Bonchev–Trinajstić information content (AvgIpc) is 3.46. The summed E-state index contributed by atoms with van der Waals surface area (Å²) in [7, 11) is 2.01. The van der Waals surface area contributed by atoms with Crippen LogP contribution < -0.4 is 10.7 Å². The number of hydrogen-bond donors (Lipinski definition) is 2. The van der Waals surface area contributed by atoms with Crippen molar-refractivity contribution in [2.75, 3.05) is 7.05 Å². The lowest BCUT2D eigenvalue weighted by Gasteiger charge is -2.01. The van der Waals surface area contributed by atoms with Gasteiger partial charge in [0.25, 0.3) is 0 Å². The summed E-state index contributed by atoms with van der Waals surface area (Å²) in [5, 5.41) is 7.07. The number of nitrogens with one attached hydrogen (secondary N) is 2. The fraction of sp³-hybridized carbons (Fsp3) is 0.367. The molecule has 35 heavy (non-hydrogen) atoms. The molecule has 3 aromatic heterocycles. The molecule has 0 fully saturated rings. The molecule has 5 nitrogen and oxygen atoms in total. The van der Waals surface area contributed by atoms with Crippen LogP contribution in [-0.2, 0) is 25.7 Å². The molecular formula is C30H38N5+. The van der Waals surface area contributed by atoms with E-state index in [1.54, 1.807) is 0 Å². The van der Waals surface area contributed by atoms with E-state index < -0.39 is 0 Å². The highest BCUT2D eigenvalue weighted by atomic mass is 15.3. The summed E-state index contributed by atoms with van der Waals surface area (Å²) in [6, 6.07) is 6.03. The van der Waals surface area contributed by atoms with E-state index in [4.69, 9.17) is 5.11 Å². The maximum absolute atomic E-state index is 4.74. The number of aromatic amines is 2. The van der Waals surface area contributed by atoms with Crippen LogP contribution in [0.3, 0.4) is 0 Å². The number of aromatic nitrogens is 3. The highest BCUT2D eigenvalue weighted by Crippen LogP contribution is 2.29. The second kappa shape index (κ2) is 10.4. The molecule has 1 aliphatic heterocycles. The minimum atomic E-state index is 0.970. The first-order valence-electron chi connectivity index (χ1n) is 12.8. The Hall–Kier alpha value is -3.47. The third-order valence-corrected chi connectivity index (χ3v) is 7.20. The number of azo groups is 2. The Kier molecular flexibility index (Phi) is 7.34. The lowest BCUT2D eigenvalue weighted by molar-refractivity contribution is -0.508. The third-order valence-electron chi connectivity index (χ3n) is 7.20. The molecule has 1 aliphatic rings. The molecule has 0 unspecified atom stereocenters. The molecule has 0 atom stereocenters. The van der Waals surface area contributed by atoms with Gasteiger partial charge in [-0.1, -0.05) is 38.5 Å². The van der Waals surface area contributed by atoms with Gasteiger partial charge < -0.3 is 9.97 Å². The van der Waals surface area contributed by atoms with Crippen molar-refractivity contribution in [3.8, 4) is 0 Å². The van der Waals surface area contributed by atoms with Crippen molar-refractivity contribution in [2.24, 2.45) is 5.11 Å². The van der Waals surface area contributed by atoms with Gasteiger partial charge in [-0.2, -0.15) is 0 Å². The SMILES string of the molecule is CCc1c(C=C2N=[N+](C)C(C)=C2C)[nH]c(C=c2[nH]c(=Cc3ccccn3)c(CC)c2CC)c1CC. The Labute approximate surface area is 208 Å². The molecule has 0 bridgehead atoms. The van der Waals surface area contributed by atoms with Gasteiger partial charge in [0.15, 0.2) is 7.05 Å². The maximum Gasteiger partial charge on any atom is 0.210 e. The Morgan fingerprint density at radius 2 is 1.37 bits per heavy atom. The first kappa shape index (κ1) is 24.6. The summed E-state index contributed by atoms with van der Waals surface area (Å²) >= 11 is 0. The van der Waals surface area contributed by atoms with Crippen molar-refractivity contribution in [3.63, 3.8) is 0 Å². The summed E-state index contributed by atoms with van der Waals surface area (Å²) in [6.45, 7) is 13.2. The van der Waals surface area contributed by atoms with Gasteiger partial charge in [0.1, 0.15) is 5.70 Å². The van der Waals surface area contributed by atoms with Crippen LogP contribution in [0.1, 0.15) is 80.9 Å². The van der Waals surface area contributed by atoms with Crippen LogP contribution in [0.15, 0.2) is 46.5 Å². The summed E-state index contributed by atoms with van der Waals surface area (Å²) in [4.78, 5) is 12.0. The van der Waals surface area contributed by atoms with E-state index in [0.717, 1.165) is 48.1 Å². The monoisotopic (exact) mass is 468 g/mol. The predicted octanol–water partition coefficient (Wildman–Crippen LogP) is 5.39. The van der Waals surface area contributed by atoms with E-state index in [9.17, 15) is 0 Å². The van der Waals surface area contributed by atoms with Gasteiger partial charge in [-0.3, -0.25) is 4.98 Å². The lowest BCUT2D eigenvalue weighted by atomic mass is 10.0. The zero-order valence-electron chi connectivity index (χ0n) is 22.2. The van der Waals surface area contributed by atoms with Crippen molar-refractivity contribution >= 4 is 18.2 Å². The second-order valence-electron chi connectivity index (χ2n) is 9.14. The predicted molar refractivity (Wildman–Crippen MR) is 145 cm³/mol. The molecule has 3 aromatic rings. The summed E-state index contributed by atoms with van der Waals surface area (Å²) in [5.41, 5.74) is 12.3. The van der Waals surface area contributed by atoms with Gasteiger partial charge in [-0.25, -0.2) is 0 Å². The van der Waals surface area contributed by atoms with Crippen molar-refractivity contribution in [3.05, 3.63) is 91.4 Å². The zero-order chi connectivity index (χ0) is 25.1. The number of allylic oxidation sites excluding steroid dienone is 2. The van der Waals surface area contributed by atoms with E-state index in [0.29, 0.717) is 0 Å². The van der Waals surface area contributed by atoms with E-state index in [1.165, 1.54) is 44.6 Å². The van der Waals surface area contributed by atoms with Crippen molar-refractivity contribution in [1.82, 2.24) is 15.0 Å². The van der Waals surface area contributed by atoms with Crippen LogP contribution in [-0.4, -0.2) is 26.7 Å². The van der Waals surface area contributed by atoms with Crippen LogP contribution >= 0.6 is 0 Å². The topological polar surface area (TPSA) is 59.8 Å². The van der Waals surface area contributed by atoms with E-state index in [-0.39, 0.29) is 0 Å². The Balaban J connectivity index is 1.90. The van der Waals surface area contributed by atoms with Crippen LogP contribution in [0.2, 0.25) is 0 Å². The quantitative estimate of drug-likeness (QED) is 0.449. The summed E-state index contributed by atoms with van der Waals surface area (Å²) in [5.74, 6) is 0. The number of nitrogens with zero attached hydrogens (tertiary/aromatic N) is 3. The maximum atomic E-state index is 4.74. The fourth-order valence-electron chi connectivity index (χ4n) is 5.12. The third kappa shape index (κ3) is 4.72. The van der Waals surface area contributed by atoms with Gasteiger partial charge in [0.05, 0.1) is 5.69 Å². The van der Waals surface area contributed by atoms with E-state index in [2.05, 4.69) is 74.7 Å². The van der Waals surface area contributed by atoms with Gasteiger partial charge in [-0.05, 0) is 90.3 Å². The molecule has 4 heterocycles. The van der Waals surface area contributed by atoms with Gasteiger partial charge >= 0.3 is 0 Å². The molecule has 0 amide bonds. The molecule has 0 aliphatic carbocycles. The number of rotatable bonds is 7. The molecular weight excluding hydrogens is 430 g/mol. The molecule has 0 aromatic carbocycles. The molecule has 2 N–H and O–H groups in total. The fourth-order valence-corrected chi connectivity index (χ4v) is 5.12. The molecule has 0 radical (unpaired) electrons. The molecule has 5 heteroatoms. The average molecular weight is 469 g/mol. The van der Waals surface area contributed by atoms with Crippen LogP contribution in [0.25, 0.3) is 18.2 Å². The van der Waals surface area contributed by atoms with Crippen molar-refractivity contribution in [2.45, 2.75) is 67.2 Å². The number of pyridine rings is 1. The summed E-state index contributed by atoms with van der Waals surface area (Å²) in [6.07, 6.45) is 12.4. The van der Waals surface area contributed by atoms with Crippen molar-refractivity contribution < 1.29 is 4.70 Å². The first-order chi connectivity index (χ1) is 16.9. The Bertz CT molecular complexity index is 1440. The number of hydrogen-bond acceptors (Lipinski definition) is 2.